The molecule has 0 saturated heterocycles. The van der Waals surface area contributed by atoms with Crippen LogP contribution in [0.2, 0.25) is 0 Å². The van der Waals surface area contributed by atoms with Crippen molar-refractivity contribution >= 4 is 5.91 Å². The van der Waals surface area contributed by atoms with Crippen LogP contribution in [-0.4, -0.2) is 34.9 Å². The first-order chi connectivity index (χ1) is 15.7. The highest BCUT2D eigenvalue weighted by Crippen LogP contribution is 2.10. The molecule has 0 spiro atoms. The van der Waals surface area contributed by atoms with Crippen LogP contribution in [0.1, 0.15) is 117 Å². The van der Waals surface area contributed by atoms with E-state index in [1.807, 2.05) is 6.08 Å². The van der Waals surface area contributed by atoms with Gasteiger partial charge >= 0.3 is 0 Å². The molecule has 0 aromatic rings. The molecule has 0 saturated carbocycles. The number of carbonyl (C=O) groups is 1. The van der Waals surface area contributed by atoms with Crippen molar-refractivity contribution in [3.05, 3.63) is 36.5 Å². The quantitative estimate of drug-likeness (QED) is 0.126. The van der Waals surface area contributed by atoms with Gasteiger partial charge in [0.15, 0.2) is 0 Å². The van der Waals surface area contributed by atoms with Crippen molar-refractivity contribution in [1.29, 1.82) is 0 Å². The highest BCUT2D eigenvalue weighted by atomic mass is 16.3. The molecule has 0 aromatic carbocycles. The van der Waals surface area contributed by atoms with Crippen molar-refractivity contribution in [3.8, 4) is 0 Å². The molecule has 2 unspecified atom stereocenters. The first-order valence-corrected chi connectivity index (χ1v) is 13.2. The van der Waals surface area contributed by atoms with Crippen molar-refractivity contribution in [2.45, 2.75) is 129 Å². The Bertz CT molecular complexity index is 499. The van der Waals surface area contributed by atoms with Gasteiger partial charge in [-0.15, -0.1) is 0 Å². The fourth-order valence-corrected chi connectivity index (χ4v) is 3.50. The van der Waals surface area contributed by atoms with E-state index in [-0.39, 0.29) is 12.5 Å². The summed E-state index contributed by atoms with van der Waals surface area (Å²) >= 11 is 0. The lowest BCUT2D eigenvalue weighted by Gasteiger charge is -2.19. The number of unbranched alkanes of at least 4 members (excludes halogenated alkanes) is 11. The molecule has 4 nitrogen and oxygen atoms in total. The number of rotatable bonds is 22. The summed E-state index contributed by atoms with van der Waals surface area (Å²) in [4.78, 5) is 12.0. The second kappa shape index (κ2) is 24.3. The zero-order valence-electron chi connectivity index (χ0n) is 20.9. The highest BCUT2D eigenvalue weighted by molar-refractivity contribution is 5.76. The summed E-state index contributed by atoms with van der Waals surface area (Å²) in [6.07, 6.45) is 29.8. The fourth-order valence-electron chi connectivity index (χ4n) is 3.50. The molecule has 0 aliphatic heterocycles. The molecule has 32 heavy (non-hydrogen) atoms. The van der Waals surface area contributed by atoms with E-state index < -0.39 is 12.1 Å². The normalized spacial score (nSPS) is 14.0. The van der Waals surface area contributed by atoms with E-state index in [1.54, 1.807) is 6.08 Å². The average Bonchev–Trinajstić information content (AvgIpc) is 2.79. The van der Waals surface area contributed by atoms with Crippen molar-refractivity contribution in [2.75, 3.05) is 6.61 Å². The van der Waals surface area contributed by atoms with E-state index in [0.29, 0.717) is 6.42 Å². The Morgan fingerprint density at radius 1 is 0.750 bits per heavy atom. The van der Waals surface area contributed by atoms with Gasteiger partial charge in [0.2, 0.25) is 5.91 Å². The number of hydrogen-bond acceptors (Lipinski definition) is 3. The molecule has 0 fully saturated rings. The highest BCUT2D eigenvalue weighted by Gasteiger charge is 2.17. The first-order valence-electron chi connectivity index (χ1n) is 13.2. The van der Waals surface area contributed by atoms with Crippen LogP contribution in [0.25, 0.3) is 0 Å². The van der Waals surface area contributed by atoms with Crippen LogP contribution in [0, 0.1) is 0 Å². The Kier molecular flexibility index (Phi) is 23.2. The number of nitrogens with one attached hydrogen (secondary N) is 1. The molecule has 0 heterocycles. The largest absolute Gasteiger partial charge is 0.394 e. The number of aliphatic hydroxyl groups excluding tert-OH is 2. The summed E-state index contributed by atoms with van der Waals surface area (Å²) in [5.74, 6) is -0.0883. The molecule has 0 rings (SSSR count). The van der Waals surface area contributed by atoms with Gasteiger partial charge in [0.05, 0.1) is 18.8 Å². The summed E-state index contributed by atoms with van der Waals surface area (Å²) in [5, 5.41) is 22.2. The van der Waals surface area contributed by atoms with Crippen molar-refractivity contribution in [3.63, 3.8) is 0 Å². The second-order valence-corrected chi connectivity index (χ2v) is 8.75. The number of amides is 1. The lowest BCUT2D eigenvalue weighted by molar-refractivity contribution is -0.123. The van der Waals surface area contributed by atoms with Gasteiger partial charge in [-0.3, -0.25) is 4.79 Å². The molecular formula is C28H51NO3. The van der Waals surface area contributed by atoms with E-state index in [2.05, 4.69) is 43.5 Å². The number of hydrogen-bond donors (Lipinski definition) is 3. The maximum Gasteiger partial charge on any atom is 0.220 e. The van der Waals surface area contributed by atoms with Crippen LogP contribution in [-0.2, 0) is 4.79 Å². The van der Waals surface area contributed by atoms with Crippen molar-refractivity contribution in [2.24, 2.45) is 0 Å². The van der Waals surface area contributed by atoms with Gasteiger partial charge in [-0.1, -0.05) is 102 Å². The monoisotopic (exact) mass is 449 g/mol. The Labute approximate surface area is 198 Å². The lowest BCUT2D eigenvalue weighted by Crippen LogP contribution is -2.45. The van der Waals surface area contributed by atoms with Gasteiger partial charge in [-0.2, -0.15) is 0 Å². The minimum absolute atomic E-state index is 0.0883. The number of carbonyl (C=O) groups excluding carboxylic acids is 1. The van der Waals surface area contributed by atoms with Crippen LogP contribution in [0.3, 0.4) is 0 Å². The summed E-state index contributed by atoms with van der Waals surface area (Å²) < 4.78 is 0. The van der Waals surface area contributed by atoms with Gasteiger partial charge < -0.3 is 15.5 Å². The third kappa shape index (κ3) is 20.5. The third-order valence-corrected chi connectivity index (χ3v) is 5.60. The zero-order valence-corrected chi connectivity index (χ0v) is 20.9. The molecule has 0 aromatic heterocycles. The molecule has 0 aliphatic rings. The maximum atomic E-state index is 12.0. The Hall–Kier alpha value is -1.39. The molecule has 3 N–H and O–H groups in total. The van der Waals surface area contributed by atoms with E-state index in [4.69, 9.17) is 0 Å². The summed E-state index contributed by atoms with van der Waals surface area (Å²) in [6, 6.07) is -0.619. The molecule has 1 amide bonds. The Morgan fingerprint density at radius 3 is 1.94 bits per heavy atom. The predicted molar refractivity (Wildman–Crippen MR) is 138 cm³/mol. The fraction of sp³-hybridized carbons (Fsp3) is 0.750. The molecule has 2 atom stereocenters. The topological polar surface area (TPSA) is 69.6 Å². The smallest absolute Gasteiger partial charge is 0.220 e. The van der Waals surface area contributed by atoms with E-state index in [1.165, 1.54) is 57.8 Å². The van der Waals surface area contributed by atoms with E-state index in [0.717, 1.165) is 38.5 Å². The van der Waals surface area contributed by atoms with Gasteiger partial charge in [-0.25, -0.2) is 0 Å². The third-order valence-electron chi connectivity index (χ3n) is 5.60. The molecule has 186 valence electrons. The summed E-state index contributed by atoms with van der Waals surface area (Å²) in [7, 11) is 0. The van der Waals surface area contributed by atoms with E-state index in [9.17, 15) is 15.0 Å². The Morgan fingerprint density at radius 2 is 1.34 bits per heavy atom. The zero-order chi connectivity index (χ0) is 23.7. The number of aliphatic hydroxyl groups is 2. The molecule has 4 heteroatoms. The maximum absolute atomic E-state index is 12.0. The van der Waals surface area contributed by atoms with Crippen LogP contribution in [0.15, 0.2) is 36.5 Å². The second-order valence-electron chi connectivity index (χ2n) is 8.75. The van der Waals surface area contributed by atoms with Gasteiger partial charge in [-0.05, 0) is 44.9 Å². The first kappa shape index (κ1) is 30.6. The molecule has 0 bridgehead atoms. The predicted octanol–water partition coefficient (Wildman–Crippen LogP) is 6.77. The average molecular weight is 450 g/mol. The van der Waals surface area contributed by atoms with E-state index >= 15 is 0 Å². The number of allylic oxidation sites excluding steroid dienone is 5. The minimum Gasteiger partial charge on any atom is -0.394 e. The van der Waals surface area contributed by atoms with Crippen LogP contribution in [0.4, 0.5) is 0 Å². The molecular weight excluding hydrogens is 398 g/mol. The van der Waals surface area contributed by atoms with Crippen LogP contribution < -0.4 is 5.32 Å². The summed E-state index contributed by atoms with van der Waals surface area (Å²) in [5.41, 5.74) is 0. The SMILES string of the molecule is CCC/C=C/C(O)C(CO)NC(=O)CCCCCCCCC/C=C\C/C=C\CCCCC. The summed E-state index contributed by atoms with van der Waals surface area (Å²) in [6.45, 7) is 4.05. The van der Waals surface area contributed by atoms with Gasteiger partial charge in [0, 0.05) is 6.42 Å². The van der Waals surface area contributed by atoms with Crippen molar-refractivity contribution in [1.82, 2.24) is 5.32 Å². The van der Waals surface area contributed by atoms with Crippen LogP contribution >= 0.6 is 0 Å². The Balaban J connectivity index is 3.57. The molecule has 0 aliphatic carbocycles. The molecule has 0 radical (unpaired) electrons. The van der Waals surface area contributed by atoms with Gasteiger partial charge in [0.25, 0.3) is 0 Å². The van der Waals surface area contributed by atoms with Crippen molar-refractivity contribution < 1.29 is 15.0 Å². The standard InChI is InChI=1S/C28H51NO3/c1-3-5-7-8-9-10-11-12-13-14-15-16-17-18-19-20-22-24-28(32)29-26(25-30)27(31)23-21-6-4-2/h9-10,12-13,21,23,26-27,30-31H,3-8,11,14-20,22,24-25H2,1-2H3,(H,29,32)/b10-9-,13-12-,23-21+. The minimum atomic E-state index is -0.836. The lowest BCUT2D eigenvalue weighted by atomic mass is 10.1. The van der Waals surface area contributed by atoms with Crippen LogP contribution in [0.5, 0.6) is 0 Å². The van der Waals surface area contributed by atoms with Gasteiger partial charge in [0.1, 0.15) is 0 Å².